The molecule has 0 bridgehead atoms. The lowest BCUT2D eigenvalue weighted by Gasteiger charge is -2.11. The van der Waals surface area contributed by atoms with Gasteiger partial charge in [0.25, 0.3) is 0 Å². The van der Waals surface area contributed by atoms with Gasteiger partial charge in [-0.05, 0) is 37.2 Å². The van der Waals surface area contributed by atoms with Crippen LogP contribution in [0.2, 0.25) is 0 Å². The van der Waals surface area contributed by atoms with Crippen LogP contribution in [0.25, 0.3) is 0 Å². The third-order valence-corrected chi connectivity index (χ3v) is 3.53. The summed E-state index contributed by atoms with van der Waals surface area (Å²) in [7, 11) is 1.84. The number of guanidine groups is 1. The SMILES string of the molecule is CN=C(NCCCCSC)NCCC1CC1.I. The minimum absolute atomic E-state index is 0. The summed E-state index contributed by atoms with van der Waals surface area (Å²) < 4.78 is 0. The minimum Gasteiger partial charge on any atom is -0.356 e. The molecular weight excluding hydrogens is 345 g/mol. The lowest BCUT2D eigenvalue weighted by atomic mass is 10.3. The number of halogens is 1. The zero-order valence-electron chi connectivity index (χ0n) is 11.0. The average molecular weight is 371 g/mol. The first kappa shape index (κ1) is 17.4. The van der Waals surface area contributed by atoms with Gasteiger partial charge in [0, 0.05) is 20.1 Å². The number of hydrogen-bond donors (Lipinski definition) is 2. The number of aliphatic imine (C=N–C) groups is 1. The Labute approximate surface area is 127 Å². The molecule has 17 heavy (non-hydrogen) atoms. The van der Waals surface area contributed by atoms with Gasteiger partial charge in [0.15, 0.2) is 5.96 Å². The van der Waals surface area contributed by atoms with Crippen LogP contribution in [0.5, 0.6) is 0 Å². The molecule has 0 aromatic heterocycles. The molecule has 0 amide bonds. The van der Waals surface area contributed by atoms with Crippen molar-refractivity contribution in [3.63, 3.8) is 0 Å². The topological polar surface area (TPSA) is 36.4 Å². The zero-order chi connectivity index (χ0) is 11.6. The number of nitrogens with one attached hydrogen (secondary N) is 2. The fourth-order valence-corrected chi connectivity index (χ4v) is 2.09. The van der Waals surface area contributed by atoms with Gasteiger partial charge < -0.3 is 10.6 Å². The first-order valence-electron chi connectivity index (χ1n) is 6.30. The molecule has 0 saturated heterocycles. The summed E-state index contributed by atoms with van der Waals surface area (Å²) in [5.74, 6) is 3.21. The van der Waals surface area contributed by atoms with E-state index < -0.39 is 0 Å². The fraction of sp³-hybridized carbons (Fsp3) is 0.917. The second-order valence-corrected chi connectivity index (χ2v) is 5.34. The Morgan fingerprint density at radius 3 is 2.53 bits per heavy atom. The minimum atomic E-state index is 0. The first-order chi connectivity index (χ1) is 7.86. The van der Waals surface area contributed by atoms with Gasteiger partial charge >= 0.3 is 0 Å². The summed E-state index contributed by atoms with van der Waals surface area (Å²) in [5, 5.41) is 6.72. The zero-order valence-corrected chi connectivity index (χ0v) is 14.1. The predicted octanol–water partition coefficient (Wildman–Crippen LogP) is 2.71. The van der Waals surface area contributed by atoms with Gasteiger partial charge in [-0.25, -0.2) is 0 Å². The molecule has 1 aliphatic carbocycles. The van der Waals surface area contributed by atoms with Gasteiger partial charge in [0.05, 0.1) is 0 Å². The standard InChI is InChI=1S/C12H25N3S.HI/c1-13-12(14-8-3-4-10-16-2)15-9-7-11-5-6-11;/h11H,3-10H2,1-2H3,(H2,13,14,15);1H. The Kier molecular flexibility index (Phi) is 11.7. The highest BCUT2D eigenvalue weighted by Gasteiger charge is 2.20. The quantitative estimate of drug-likeness (QED) is 0.298. The Balaban J connectivity index is 0.00000256. The molecule has 0 spiro atoms. The van der Waals surface area contributed by atoms with Gasteiger partial charge in [-0.3, -0.25) is 4.99 Å². The molecule has 1 fully saturated rings. The Bertz CT molecular complexity index is 208. The van der Waals surface area contributed by atoms with Gasteiger partial charge in [-0.1, -0.05) is 12.8 Å². The number of nitrogens with zero attached hydrogens (tertiary/aromatic N) is 1. The van der Waals surface area contributed by atoms with Crippen molar-refractivity contribution in [3.8, 4) is 0 Å². The number of hydrogen-bond acceptors (Lipinski definition) is 2. The van der Waals surface area contributed by atoms with E-state index >= 15 is 0 Å². The van der Waals surface area contributed by atoms with Gasteiger partial charge in [0.2, 0.25) is 0 Å². The van der Waals surface area contributed by atoms with Crippen LogP contribution in [0, 0.1) is 5.92 Å². The number of rotatable bonds is 8. The summed E-state index contributed by atoms with van der Waals surface area (Å²) >= 11 is 1.92. The van der Waals surface area contributed by atoms with E-state index in [1.165, 1.54) is 37.9 Å². The van der Waals surface area contributed by atoms with E-state index in [1.807, 2.05) is 18.8 Å². The Morgan fingerprint density at radius 2 is 1.94 bits per heavy atom. The molecule has 3 nitrogen and oxygen atoms in total. The summed E-state index contributed by atoms with van der Waals surface area (Å²) in [6.45, 7) is 2.10. The first-order valence-corrected chi connectivity index (χ1v) is 7.69. The summed E-state index contributed by atoms with van der Waals surface area (Å²) in [6, 6.07) is 0. The Hall–Kier alpha value is 0.350. The second-order valence-electron chi connectivity index (χ2n) is 4.36. The molecule has 5 heteroatoms. The van der Waals surface area contributed by atoms with Crippen molar-refractivity contribution in [3.05, 3.63) is 0 Å². The van der Waals surface area contributed by atoms with E-state index in [1.54, 1.807) is 0 Å². The largest absolute Gasteiger partial charge is 0.356 e. The fourth-order valence-electron chi connectivity index (χ4n) is 1.60. The average Bonchev–Trinajstić information content (AvgIpc) is 3.10. The van der Waals surface area contributed by atoms with Crippen molar-refractivity contribution in [2.24, 2.45) is 10.9 Å². The smallest absolute Gasteiger partial charge is 0.190 e. The van der Waals surface area contributed by atoms with Gasteiger partial charge in [-0.15, -0.1) is 24.0 Å². The van der Waals surface area contributed by atoms with E-state index in [2.05, 4.69) is 21.9 Å². The van der Waals surface area contributed by atoms with Crippen LogP contribution in [-0.2, 0) is 0 Å². The van der Waals surface area contributed by atoms with Crippen molar-refractivity contribution in [2.75, 3.05) is 32.1 Å². The molecule has 0 atom stereocenters. The van der Waals surface area contributed by atoms with E-state index in [0.717, 1.165) is 25.0 Å². The highest BCUT2D eigenvalue weighted by molar-refractivity contribution is 14.0. The number of unbranched alkanes of at least 4 members (excludes halogenated alkanes) is 1. The molecule has 0 unspecified atom stereocenters. The highest BCUT2D eigenvalue weighted by atomic mass is 127. The third-order valence-electron chi connectivity index (χ3n) is 2.83. The lowest BCUT2D eigenvalue weighted by molar-refractivity contribution is 0.676. The maximum Gasteiger partial charge on any atom is 0.190 e. The molecule has 0 aromatic carbocycles. The van der Waals surface area contributed by atoms with Crippen molar-refractivity contribution >= 4 is 41.7 Å². The monoisotopic (exact) mass is 371 g/mol. The molecule has 0 aliphatic heterocycles. The summed E-state index contributed by atoms with van der Waals surface area (Å²) in [5.41, 5.74) is 0. The van der Waals surface area contributed by atoms with Crippen LogP contribution in [0.1, 0.15) is 32.1 Å². The van der Waals surface area contributed by atoms with Crippen molar-refractivity contribution in [1.82, 2.24) is 10.6 Å². The molecule has 102 valence electrons. The van der Waals surface area contributed by atoms with E-state index in [4.69, 9.17) is 0 Å². The normalized spacial score (nSPS) is 15.3. The van der Waals surface area contributed by atoms with Gasteiger partial charge in [0.1, 0.15) is 0 Å². The molecule has 2 N–H and O–H groups in total. The molecule has 1 saturated carbocycles. The molecule has 0 aromatic rings. The molecule has 1 rings (SSSR count). The summed E-state index contributed by atoms with van der Waals surface area (Å²) in [4.78, 5) is 4.21. The Morgan fingerprint density at radius 1 is 1.24 bits per heavy atom. The van der Waals surface area contributed by atoms with Crippen molar-refractivity contribution < 1.29 is 0 Å². The van der Waals surface area contributed by atoms with E-state index in [9.17, 15) is 0 Å². The molecular formula is C12H26IN3S. The molecule has 1 aliphatic rings. The van der Waals surface area contributed by atoms with Gasteiger partial charge in [-0.2, -0.15) is 11.8 Å². The van der Waals surface area contributed by atoms with E-state index in [-0.39, 0.29) is 24.0 Å². The van der Waals surface area contributed by atoms with E-state index in [0.29, 0.717) is 0 Å². The number of thioether (sulfide) groups is 1. The molecule has 0 radical (unpaired) electrons. The predicted molar refractivity (Wildman–Crippen MR) is 89.7 cm³/mol. The van der Waals surface area contributed by atoms with Crippen LogP contribution in [0.4, 0.5) is 0 Å². The van der Waals surface area contributed by atoms with Crippen LogP contribution in [0.15, 0.2) is 4.99 Å². The van der Waals surface area contributed by atoms with Crippen molar-refractivity contribution in [1.29, 1.82) is 0 Å². The maximum absolute atomic E-state index is 4.21. The van der Waals surface area contributed by atoms with Crippen LogP contribution in [-0.4, -0.2) is 38.1 Å². The van der Waals surface area contributed by atoms with Crippen LogP contribution >= 0.6 is 35.7 Å². The summed E-state index contributed by atoms with van der Waals surface area (Å²) in [6.07, 6.45) is 8.83. The van der Waals surface area contributed by atoms with Crippen LogP contribution in [0.3, 0.4) is 0 Å². The molecule has 0 heterocycles. The highest BCUT2D eigenvalue weighted by Crippen LogP contribution is 2.31. The maximum atomic E-state index is 4.21. The van der Waals surface area contributed by atoms with Crippen LogP contribution < -0.4 is 10.6 Å². The third kappa shape index (κ3) is 10.00. The van der Waals surface area contributed by atoms with Crippen molar-refractivity contribution in [2.45, 2.75) is 32.1 Å². The second kappa shape index (κ2) is 11.4. The lowest BCUT2D eigenvalue weighted by Crippen LogP contribution is -2.38.